The van der Waals surface area contributed by atoms with Crippen LogP contribution in [-0.4, -0.2) is 85.6 Å². The first-order valence-electron chi connectivity index (χ1n) is 7.32. The van der Waals surface area contributed by atoms with E-state index in [1.165, 1.54) is 36.4 Å². The van der Waals surface area contributed by atoms with E-state index in [1.807, 2.05) is 0 Å². The number of benzene rings is 3. The third-order valence-electron chi connectivity index (χ3n) is 3.54. The number of azo groups is 1. The molecule has 144 valence electrons. The molecule has 0 aliphatic heterocycles. The molecule has 13 heteroatoms. The Hall–Kier alpha value is -1.02. The van der Waals surface area contributed by atoms with E-state index in [2.05, 4.69) is 10.2 Å². The molecule has 2 N–H and O–H groups in total. The molecule has 0 aliphatic rings. The number of thiol groups is 1. The molecule has 0 aromatic heterocycles. The van der Waals surface area contributed by atoms with Crippen LogP contribution in [0.2, 0.25) is 0 Å². The van der Waals surface area contributed by atoms with Crippen molar-refractivity contribution in [2.45, 2.75) is 4.90 Å². The normalized spacial score (nSPS) is 11.2. The molecule has 3 aromatic rings. The summed E-state index contributed by atoms with van der Waals surface area (Å²) < 4.78 is 57.5. The van der Waals surface area contributed by atoms with Crippen LogP contribution in [0.3, 0.4) is 0 Å². The van der Waals surface area contributed by atoms with E-state index in [0.29, 0.717) is 10.8 Å². The molecule has 0 bridgehead atoms. The zero-order valence-electron chi connectivity index (χ0n) is 13.4. The number of hydrogen-bond donors (Lipinski definition) is 3. The van der Waals surface area contributed by atoms with E-state index in [-0.39, 0.29) is 86.9 Å². The molecule has 0 heterocycles. The standard InChI is InChI=1S/C16H12N2O7S2.2Na.2H/c19-14-9-8-12-13(2-1-3-15(12)25-26(20)21)16(14)18-17-10-4-6-11(7-5-10)27(22,23)24;;;;/h1-9,19,26H,(H,22,23,24);;;;. The van der Waals surface area contributed by atoms with Crippen LogP contribution in [-0.2, 0) is 21.1 Å². The van der Waals surface area contributed by atoms with Crippen molar-refractivity contribution >= 4 is 102 Å². The fraction of sp³-hybridized carbons (Fsp3) is 0. The second kappa shape index (κ2) is 10.8. The van der Waals surface area contributed by atoms with Crippen LogP contribution in [0.5, 0.6) is 11.5 Å². The molecule has 0 fully saturated rings. The molecular weight excluding hydrogens is 442 g/mol. The number of aromatic hydroxyl groups is 1. The fourth-order valence-corrected chi connectivity index (χ4v) is 3.16. The van der Waals surface area contributed by atoms with Gasteiger partial charge in [0.2, 0.25) is 0 Å². The Morgan fingerprint density at radius 1 is 0.862 bits per heavy atom. The maximum atomic E-state index is 11.0. The zero-order valence-corrected chi connectivity index (χ0v) is 15.1. The van der Waals surface area contributed by atoms with Gasteiger partial charge in [-0.15, -0.1) is 5.11 Å². The molecular formula is C16H14N2Na2O7S2. The third kappa shape index (κ3) is 6.48. The van der Waals surface area contributed by atoms with E-state index in [4.69, 9.17) is 8.74 Å². The quantitative estimate of drug-likeness (QED) is 0.230. The Bertz CT molecular complexity index is 1220. The molecule has 0 spiro atoms. The van der Waals surface area contributed by atoms with Crippen LogP contribution in [0, 0.1) is 0 Å². The Balaban J connectivity index is 0.00000210. The summed E-state index contributed by atoms with van der Waals surface area (Å²) in [6.45, 7) is 0. The second-order valence-corrected chi connectivity index (χ2v) is 7.32. The van der Waals surface area contributed by atoms with Gasteiger partial charge in [-0.3, -0.25) is 4.55 Å². The van der Waals surface area contributed by atoms with Crippen LogP contribution >= 0.6 is 0 Å². The molecule has 9 nitrogen and oxygen atoms in total. The number of phenols is 1. The summed E-state index contributed by atoms with van der Waals surface area (Å²) >= 11 is 0. The van der Waals surface area contributed by atoms with E-state index in [0.717, 1.165) is 12.1 Å². The van der Waals surface area contributed by atoms with Crippen molar-refractivity contribution in [3.63, 3.8) is 0 Å². The van der Waals surface area contributed by atoms with Gasteiger partial charge in [-0.05, 0) is 42.5 Å². The Kier molecular flexibility index (Phi) is 9.73. The monoisotopic (exact) mass is 456 g/mol. The molecule has 0 unspecified atom stereocenters. The first-order chi connectivity index (χ1) is 12.8. The SMILES string of the molecule is O=[SH](=O)Oc1cccc2c(N=Nc3ccc(S(=O)(=O)O)cc3)c(O)ccc12.[NaH].[NaH]. The molecule has 0 saturated heterocycles. The topological polar surface area (TPSA) is 143 Å². The first kappa shape index (κ1) is 26.0. The molecule has 0 atom stereocenters. The van der Waals surface area contributed by atoms with Gasteiger partial charge in [0, 0.05) is 10.8 Å². The molecule has 0 amide bonds. The van der Waals surface area contributed by atoms with Gasteiger partial charge in [-0.2, -0.15) is 21.9 Å². The average molecular weight is 456 g/mol. The Morgan fingerprint density at radius 3 is 2.10 bits per heavy atom. The number of fused-ring (bicyclic) bond motifs is 1. The van der Waals surface area contributed by atoms with Gasteiger partial charge < -0.3 is 9.29 Å². The van der Waals surface area contributed by atoms with E-state index < -0.39 is 21.1 Å². The Morgan fingerprint density at radius 2 is 1.52 bits per heavy atom. The van der Waals surface area contributed by atoms with Gasteiger partial charge in [-0.1, -0.05) is 12.1 Å². The summed E-state index contributed by atoms with van der Waals surface area (Å²) in [5.74, 6) is -0.109. The average Bonchev–Trinajstić information content (AvgIpc) is 2.60. The van der Waals surface area contributed by atoms with E-state index in [9.17, 15) is 21.9 Å². The third-order valence-corrected chi connectivity index (χ3v) is 4.76. The summed E-state index contributed by atoms with van der Waals surface area (Å²) in [5, 5.41) is 18.8. The van der Waals surface area contributed by atoms with Gasteiger partial charge in [-0.25, -0.2) is 0 Å². The van der Waals surface area contributed by atoms with Crippen molar-refractivity contribution < 1.29 is 30.7 Å². The summed E-state index contributed by atoms with van der Waals surface area (Å²) in [4.78, 5) is -0.289. The zero-order chi connectivity index (χ0) is 19.6. The number of nitrogens with zero attached hydrogens (tertiary/aromatic N) is 2. The minimum atomic E-state index is -4.31. The van der Waals surface area contributed by atoms with Crippen molar-refractivity contribution in [3.05, 3.63) is 54.6 Å². The second-order valence-electron chi connectivity index (χ2n) is 5.27. The summed E-state index contributed by atoms with van der Waals surface area (Å²) in [5.41, 5.74) is 0.353. The number of phenolic OH excluding ortho intramolecular Hbond substituents is 1. The molecule has 29 heavy (non-hydrogen) atoms. The van der Waals surface area contributed by atoms with Crippen LogP contribution in [0.1, 0.15) is 0 Å². The summed E-state index contributed by atoms with van der Waals surface area (Å²) in [7, 11) is -7.42. The predicted octanol–water partition coefficient (Wildman–Crippen LogP) is 1.82. The van der Waals surface area contributed by atoms with Crippen LogP contribution < -0.4 is 4.18 Å². The van der Waals surface area contributed by atoms with Crippen molar-refractivity contribution in [2.24, 2.45) is 10.2 Å². The predicted molar refractivity (Wildman–Crippen MR) is 111 cm³/mol. The molecule has 0 saturated carbocycles. The maximum absolute atomic E-state index is 11.0. The summed E-state index contributed by atoms with van der Waals surface area (Å²) in [6.07, 6.45) is 0. The molecule has 0 aliphatic carbocycles. The molecule has 0 radical (unpaired) electrons. The van der Waals surface area contributed by atoms with Crippen molar-refractivity contribution in [1.29, 1.82) is 0 Å². The Labute approximate surface area is 212 Å². The van der Waals surface area contributed by atoms with E-state index in [1.54, 1.807) is 6.07 Å². The van der Waals surface area contributed by atoms with Gasteiger partial charge in [0.25, 0.3) is 21.1 Å². The number of rotatable bonds is 5. The van der Waals surface area contributed by atoms with Gasteiger partial charge in [0.1, 0.15) is 17.2 Å². The number of hydrogen-bond acceptors (Lipinski definition) is 8. The molecule has 3 rings (SSSR count). The van der Waals surface area contributed by atoms with Gasteiger partial charge >= 0.3 is 59.1 Å². The van der Waals surface area contributed by atoms with Gasteiger partial charge in [0.05, 0.1) is 10.6 Å². The van der Waals surface area contributed by atoms with Crippen molar-refractivity contribution in [3.8, 4) is 11.5 Å². The van der Waals surface area contributed by atoms with Gasteiger partial charge in [0.15, 0.2) is 0 Å². The fourth-order valence-electron chi connectivity index (χ4n) is 2.36. The van der Waals surface area contributed by atoms with Crippen LogP contribution in [0.4, 0.5) is 11.4 Å². The van der Waals surface area contributed by atoms with Crippen LogP contribution in [0.25, 0.3) is 10.8 Å². The van der Waals surface area contributed by atoms with E-state index >= 15 is 0 Å². The molecule has 3 aromatic carbocycles. The summed E-state index contributed by atoms with van der Waals surface area (Å²) in [6, 6.07) is 12.4. The van der Waals surface area contributed by atoms with Crippen molar-refractivity contribution in [1.82, 2.24) is 0 Å². The van der Waals surface area contributed by atoms with Crippen molar-refractivity contribution in [2.75, 3.05) is 0 Å². The van der Waals surface area contributed by atoms with Crippen LogP contribution in [0.15, 0.2) is 69.7 Å². The first-order valence-corrected chi connectivity index (χ1v) is 9.85. The minimum absolute atomic E-state index is 0.